The first-order chi connectivity index (χ1) is 11.0. The van der Waals surface area contributed by atoms with Gasteiger partial charge in [0.2, 0.25) is 0 Å². The van der Waals surface area contributed by atoms with Crippen LogP contribution in [0.2, 0.25) is 5.02 Å². The highest BCUT2D eigenvalue weighted by atomic mass is 35.5. The third-order valence-electron chi connectivity index (χ3n) is 3.39. The lowest BCUT2D eigenvalue weighted by Crippen LogP contribution is -2.32. The van der Waals surface area contributed by atoms with Gasteiger partial charge in [0.05, 0.1) is 13.2 Å². The summed E-state index contributed by atoms with van der Waals surface area (Å²) in [4.78, 5) is 0. The number of aryl methyl sites for hydroxylation is 1. The van der Waals surface area contributed by atoms with Crippen molar-refractivity contribution in [3.05, 3.63) is 58.6 Å². The Morgan fingerprint density at radius 3 is 2.57 bits per heavy atom. The summed E-state index contributed by atoms with van der Waals surface area (Å²) in [6, 6.07) is 12.8. The molecule has 122 valence electrons. The number of hydrogen-bond donors (Lipinski definition) is 3. The number of aliphatic hydroxyl groups is 1. The smallest absolute Gasteiger partial charge is 0.170 e. The van der Waals surface area contributed by atoms with Crippen molar-refractivity contribution in [2.75, 3.05) is 19.0 Å². The second kappa shape index (κ2) is 8.15. The minimum absolute atomic E-state index is 0.310. The molecule has 2 aromatic rings. The van der Waals surface area contributed by atoms with Crippen LogP contribution in [0.15, 0.2) is 42.5 Å². The van der Waals surface area contributed by atoms with Gasteiger partial charge in [-0.15, -0.1) is 0 Å². The first-order valence-electron chi connectivity index (χ1n) is 7.12. The first-order valence-corrected chi connectivity index (χ1v) is 7.91. The zero-order valence-corrected chi connectivity index (χ0v) is 14.5. The average Bonchev–Trinajstić information content (AvgIpc) is 2.55. The van der Waals surface area contributed by atoms with Crippen LogP contribution in [-0.2, 0) is 0 Å². The number of hydrogen-bond acceptors (Lipinski definition) is 3. The van der Waals surface area contributed by atoms with Crippen LogP contribution in [0.25, 0.3) is 0 Å². The lowest BCUT2D eigenvalue weighted by atomic mass is 10.1. The molecule has 0 fully saturated rings. The predicted molar refractivity (Wildman–Crippen MR) is 98.4 cm³/mol. The number of nitrogens with one attached hydrogen (secondary N) is 2. The fourth-order valence-corrected chi connectivity index (χ4v) is 2.49. The molecule has 0 radical (unpaired) electrons. The minimum Gasteiger partial charge on any atom is -0.497 e. The van der Waals surface area contributed by atoms with Crippen molar-refractivity contribution in [2.24, 2.45) is 0 Å². The quantitative estimate of drug-likeness (QED) is 0.718. The monoisotopic (exact) mass is 350 g/mol. The highest BCUT2D eigenvalue weighted by Gasteiger charge is 2.09. The molecule has 0 aromatic heterocycles. The fourth-order valence-electron chi connectivity index (χ4n) is 2.07. The number of ether oxygens (including phenoxy) is 1. The Hall–Kier alpha value is -1.82. The third-order valence-corrected chi connectivity index (χ3v) is 3.87. The lowest BCUT2D eigenvalue weighted by Gasteiger charge is -2.16. The number of halogens is 1. The summed E-state index contributed by atoms with van der Waals surface area (Å²) in [5, 5.41) is 17.4. The summed E-state index contributed by atoms with van der Waals surface area (Å²) in [5.74, 6) is 0.754. The van der Waals surface area contributed by atoms with Crippen LogP contribution in [-0.4, -0.2) is 23.9 Å². The van der Waals surface area contributed by atoms with E-state index in [1.54, 1.807) is 13.2 Å². The predicted octanol–water partition coefficient (Wildman–Crippen LogP) is 3.68. The standard InChI is InChI=1S/C17H19ClN2O2S/c1-11-9-13(18)5-8-15(11)20-17(23)19-10-16(21)12-3-6-14(22-2)7-4-12/h3-9,16,21H,10H2,1-2H3,(H2,19,20,23). The van der Waals surface area contributed by atoms with Gasteiger partial charge in [0.15, 0.2) is 5.11 Å². The summed E-state index contributed by atoms with van der Waals surface area (Å²) in [6.45, 7) is 2.26. The Morgan fingerprint density at radius 1 is 1.26 bits per heavy atom. The number of aliphatic hydroxyl groups excluding tert-OH is 1. The van der Waals surface area contributed by atoms with Crippen molar-refractivity contribution in [1.29, 1.82) is 0 Å². The number of thiocarbonyl (C=S) groups is 1. The summed E-state index contributed by atoms with van der Waals surface area (Å²) >= 11 is 11.2. The van der Waals surface area contributed by atoms with Gasteiger partial charge in [-0.25, -0.2) is 0 Å². The van der Waals surface area contributed by atoms with E-state index in [4.69, 9.17) is 28.6 Å². The molecule has 2 rings (SSSR count). The van der Waals surface area contributed by atoms with Crippen LogP contribution in [0.5, 0.6) is 5.75 Å². The van der Waals surface area contributed by atoms with Crippen molar-refractivity contribution in [2.45, 2.75) is 13.0 Å². The highest BCUT2D eigenvalue weighted by Crippen LogP contribution is 2.20. The molecule has 23 heavy (non-hydrogen) atoms. The lowest BCUT2D eigenvalue weighted by molar-refractivity contribution is 0.181. The molecule has 0 aliphatic rings. The second-order valence-electron chi connectivity index (χ2n) is 5.08. The normalized spacial score (nSPS) is 11.7. The molecule has 0 spiro atoms. The molecule has 1 unspecified atom stereocenters. The van der Waals surface area contributed by atoms with Crippen LogP contribution in [0.1, 0.15) is 17.2 Å². The Labute approximate surface area is 146 Å². The van der Waals surface area contributed by atoms with E-state index >= 15 is 0 Å². The van der Waals surface area contributed by atoms with Gasteiger partial charge in [-0.1, -0.05) is 23.7 Å². The maximum atomic E-state index is 10.2. The molecular formula is C17H19ClN2O2S. The highest BCUT2D eigenvalue weighted by molar-refractivity contribution is 7.80. The van der Waals surface area contributed by atoms with Crippen molar-refractivity contribution in [3.63, 3.8) is 0 Å². The van der Waals surface area contributed by atoms with Crippen molar-refractivity contribution >= 4 is 34.6 Å². The van der Waals surface area contributed by atoms with Crippen LogP contribution in [0.4, 0.5) is 5.69 Å². The van der Waals surface area contributed by atoms with E-state index in [0.717, 1.165) is 22.6 Å². The average molecular weight is 351 g/mol. The van der Waals surface area contributed by atoms with Gasteiger partial charge >= 0.3 is 0 Å². The van der Waals surface area contributed by atoms with E-state index in [0.29, 0.717) is 16.7 Å². The molecule has 0 aliphatic heterocycles. The summed E-state index contributed by atoms with van der Waals surface area (Å²) in [5.41, 5.74) is 2.67. The van der Waals surface area contributed by atoms with Gasteiger partial charge in [0, 0.05) is 17.3 Å². The molecule has 1 atom stereocenters. The molecule has 3 N–H and O–H groups in total. The van der Waals surface area contributed by atoms with E-state index in [1.807, 2.05) is 43.3 Å². The summed E-state index contributed by atoms with van der Waals surface area (Å²) < 4.78 is 5.10. The molecular weight excluding hydrogens is 332 g/mol. The summed E-state index contributed by atoms with van der Waals surface area (Å²) in [7, 11) is 1.61. The van der Waals surface area contributed by atoms with Crippen molar-refractivity contribution in [1.82, 2.24) is 5.32 Å². The Balaban J connectivity index is 1.87. The topological polar surface area (TPSA) is 53.5 Å². The van der Waals surface area contributed by atoms with Crippen LogP contribution < -0.4 is 15.4 Å². The number of methoxy groups -OCH3 is 1. The zero-order chi connectivity index (χ0) is 16.8. The molecule has 0 saturated heterocycles. The van der Waals surface area contributed by atoms with Gasteiger partial charge in [-0.05, 0) is 60.6 Å². The fraction of sp³-hybridized carbons (Fsp3) is 0.235. The van der Waals surface area contributed by atoms with E-state index in [2.05, 4.69) is 10.6 Å². The van der Waals surface area contributed by atoms with Gasteiger partial charge < -0.3 is 20.5 Å². The van der Waals surface area contributed by atoms with Gasteiger partial charge in [0.1, 0.15) is 5.75 Å². The van der Waals surface area contributed by atoms with Gasteiger partial charge in [-0.3, -0.25) is 0 Å². The second-order valence-corrected chi connectivity index (χ2v) is 5.93. The molecule has 0 heterocycles. The van der Waals surface area contributed by atoms with Crippen LogP contribution in [0, 0.1) is 6.92 Å². The minimum atomic E-state index is -0.660. The molecule has 0 saturated carbocycles. The Bertz CT molecular complexity index is 677. The number of anilines is 1. The Kier molecular flexibility index (Phi) is 6.21. The molecule has 6 heteroatoms. The molecule has 2 aromatic carbocycles. The summed E-state index contributed by atoms with van der Waals surface area (Å²) in [6.07, 6.45) is -0.660. The van der Waals surface area contributed by atoms with Crippen LogP contribution >= 0.6 is 23.8 Å². The zero-order valence-electron chi connectivity index (χ0n) is 13.0. The van der Waals surface area contributed by atoms with Crippen LogP contribution in [0.3, 0.4) is 0 Å². The van der Waals surface area contributed by atoms with Crippen molar-refractivity contribution < 1.29 is 9.84 Å². The third kappa shape index (κ3) is 5.10. The van der Waals surface area contributed by atoms with E-state index in [-0.39, 0.29) is 0 Å². The van der Waals surface area contributed by atoms with Gasteiger partial charge in [0.25, 0.3) is 0 Å². The van der Waals surface area contributed by atoms with Crippen molar-refractivity contribution in [3.8, 4) is 5.75 Å². The largest absolute Gasteiger partial charge is 0.497 e. The number of rotatable bonds is 5. The SMILES string of the molecule is COc1ccc(C(O)CNC(=S)Nc2ccc(Cl)cc2C)cc1. The molecule has 4 nitrogen and oxygen atoms in total. The van der Waals surface area contributed by atoms with E-state index in [1.165, 1.54) is 0 Å². The maximum Gasteiger partial charge on any atom is 0.170 e. The van der Waals surface area contributed by atoms with Gasteiger partial charge in [-0.2, -0.15) is 0 Å². The molecule has 0 amide bonds. The Morgan fingerprint density at radius 2 is 1.96 bits per heavy atom. The molecule has 0 bridgehead atoms. The molecule has 0 aliphatic carbocycles. The maximum absolute atomic E-state index is 10.2. The number of benzene rings is 2. The van der Waals surface area contributed by atoms with E-state index < -0.39 is 6.10 Å². The first kappa shape index (κ1) is 17.5. The van der Waals surface area contributed by atoms with E-state index in [9.17, 15) is 5.11 Å².